The molecule has 2 atom stereocenters. The van der Waals surface area contributed by atoms with E-state index in [-0.39, 0.29) is 17.7 Å². The maximum absolute atomic E-state index is 12.5. The van der Waals surface area contributed by atoms with Crippen molar-refractivity contribution < 1.29 is 14.6 Å². The molecule has 0 aliphatic carbocycles. The van der Waals surface area contributed by atoms with Crippen molar-refractivity contribution in [3.05, 3.63) is 23.3 Å². The number of fused-ring (bicyclic) bond motifs is 3. The molecule has 1 fully saturated rings. The summed E-state index contributed by atoms with van der Waals surface area (Å²) in [5.74, 6) is 1.80. The molecule has 1 saturated heterocycles. The molecule has 3 rings (SSSR count). The van der Waals surface area contributed by atoms with E-state index < -0.39 is 0 Å². The summed E-state index contributed by atoms with van der Waals surface area (Å²) in [4.78, 5) is 14.9. The van der Waals surface area contributed by atoms with Crippen LogP contribution in [-0.4, -0.2) is 36.0 Å². The molecule has 120 valence electrons. The third-order valence-electron chi connectivity index (χ3n) is 4.97. The molecule has 1 unspecified atom stereocenters. The van der Waals surface area contributed by atoms with Crippen LogP contribution in [0.15, 0.2) is 12.1 Å². The summed E-state index contributed by atoms with van der Waals surface area (Å²) in [6.07, 6.45) is 2.48. The van der Waals surface area contributed by atoms with Crippen LogP contribution >= 0.6 is 0 Å². The highest BCUT2D eigenvalue weighted by molar-refractivity contribution is 5.83. The van der Waals surface area contributed by atoms with Gasteiger partial charge in [0.2, 0.25) is 0 Å². The highest BCUT2D eigenvalue weighted by atomic mass is 16.5. The molecule has 2 aliphatic rings. The van der Waals surface area contributed by atoms with Crippen molar-refractivity contribution >= 4 is 5.78 Å². The van der Waals surface area contributed by atoms with Crippen LogP contribution in [0.25, 0.3) is 0 Å². The lowest BCUT2D eigenvalue weighted by molar-refractivity contribution is -0.129. The Balaban J connectivity index is 1.88. The van der Waals surface area contributed by atoms with E-state index in [1.165, 1.54) is 0 Å². The van der Waals surface area contributed by atoms with Gasteiger partial charge in [-0.3, -0.25) is 9.69 Å². The molecule has 1 N–H and O–H groups in total. The first-order chi connectivity index (χ1) is 10.5. The van der Waals surface area contributed by atoms with Gasteiger partial charge in [0.15, 0.2) is 11.5 Å². The Hall–Kier alpha value is -1.55. The van der Waals surface area contributed by atoms with Crippen molar-refractivity contribution in [2.24, 2.45) is 11.8 Å². The van der Waals surface area contributed by atoms with Crippen LogP contribution in [0.1, 0.15) is 43.9 Å². The zero-order chi connectivity index (χ0) is 15.9. The zero-order valence-corrected chi connectivity index (χ0v) is 13.6. The fourth-order valence-corrected chi connectivity index (χ4v) is 3.91. The molecule has 0 amide bonds. The van der Waals surface area contributed by atoms with Crippen LogP contribution in [0.5, 0.6) is 11.5 Å². The monoisotopic (exact) mass is 303 g/mol. The molecule has 4 nitrogen and oxygen atoms in total. The Kier molecular flexibility index (Phi) is 4.13. The average Bonchev–Trinajstić information content (AvgIpc) is 2.47. The molecule has 0 saturated carbocycles. The second-order valence-corrected chi connectivity index (χ2v) is 6.98. The Morgan fingerprint density at radius 2 is 2.18 bits per heavy atom. The first-order valence-electron chi connectivity index (χ1n) is 8.16. The number of carbonyl (C=O) groups is 1. The summed E-state index contributed by atoms with van der Waals surface area (Å²) in [7, 11) is 1.56. The molecule has 2 aliphatic heterocycles. The lowest BCUT2D eigenvalue weighted by atomic mass is 9.80. The van der Waals surface area contributed by atoms with E-state index in [9.17, 15) is 9.90 Å². The molecule has 4 heteroatoms. The smallest absolute Gasteiger partial charge is 0.160 e. The maximum Gasteiger partial charge on any atom is 0.160 e. The number of phenolic OH excluding ortho intramolecular Hbond substituents is 1. The van der Waals surface area contributed by atoms with E-state index >= 15 is 0 Å². The van der Waals surface area contributed by atoms with Crippen LogP contribution < -0.4 is 4.74 Å². The van der Waals surface area contributed by atoms with Crippen molar-refractivity contribution in [1.29, 1.82) is 0 Å². The topological polar surface area (TPSA) is 49.8 Å². The van der Waals surface area contributed by atoms with Crippen molar-refractivity contribution in [3.8, 4) is 11.5 Å². The normalized spacial score (nSPS) is 25.0. The average molecular weight is 303 g/mol. The Bertz CT molecular complexity index is 582. The molecule has 22 heavy (non-hydrogen) atoms. The standard InChI is InChI=1S/C18H25NO3/c1-11(2)6-13-10-19-5-4-12-7-17(21)18(22-3)8-14(12)15(19)9-16(13)20/h7-8,11,13,15,21H,4-6,9-10H2,1-3H3/t13-,15?/m0/s1. The van der Waals surface area contributed by atoms with E-state index in [0.717, 1.165) is 37.1 Å². The molecular weight excluding hydrogens is 278 g/mol. The van der Waals surface area contributed by atoms with Crippen molar-refractivity contribution in [2.75, 3.05) is 20.2 Å². The van der Waals surface area contributed by atoms with Crippen molar-refractivity contribution in [3.63, 3.8) is 0 Å². The van der Waals surface area contributed by atoms with E-state index in [2.05, 4.69) is 18.7 Å². The zero-order valence-electron chi connectivity index (χ0n) is 13.6. The van der Waals surface area contributed by atoms with Gasteiger partial charge in [-0.2, -0.15) is 0 Å². The van der Waals surface area contributed by atoms with E-state index in [4.69, 9.17) is 4.74 Å². The Morgan fingerprint density at radius 3 is 2.86 bits per heavy atom. The number of hydrogen-bond donors (Lipinski definition) is 1. The van der Waals surface area contributed by atoms with Gasteiger partial charge in [-0.05, 0) is 42.0 Å². The first kappa shape index (κ1) is 15.3. The number of benzene rings is 1. The van der Waals surface area contributed by atoms with Gasteiger partial charge in [0, 0.05) is 31.5 Å². The van der Waals surface area contributed by atoms with Gasteiger partial charge >= 0.3 is 0 Å². The number of ether oxygens (including phenoxy) is 1. The summed E-state index contributed by atoms with van der Waals surface area (Å²) in [6, 6.07) is 3.86. The SMILES string of the molecule is COc1cc2c(cc1O)CCN1C[C@H](CC(C)C)C(=O)CC21. The Morgan fingerprint density at radius 1 is 1.41 bits per heavy atom. The Labute approximate surface area is 132 Å². The van der Waals surface area contributed by atoms with Gasteiger partial charge in [0.1, 0.15) is 5.78 Å². The molecular formula is C18H25NO3. The second kappa shape index (κ2) is 5.92. The van der Waals surface area contributed by atoms with Crippen LogP contribution in [0, 0.1) is 11.8 Å². The number of nitrogens with zero attached hydrogens (tertiary/aromatic N) is 1. The van der Waals surface area contributed by atoms with Gasteiger partial charge in [0.05, 0.1) is 7.11 Å². The molecule has 1 aromatic carbocycles. The van der Waals surface area contributed by atoms with E-state index in [1.807, 2.05) is 6.07 Å². The number of piperidine rings is 1. The van der Waals surface area contributed by atoms with Gasteiger partial charge in [0.25, 0.3) is 0 Å². The van der Waals surface area contributed by atoms with Crippen LogP contribution in [0.3, 0.4) is 0 Å². The molecule has 2 heterocycles. The molecule has 0 radical (unpaired) electrons. The van der Waals surface area contributed by atoms with Gasteiger partial charge in [-0.1, -0.05) is 13.8 Å². The van der Waals surface area contributed by atoms with E-state index in [0.29, 0.717) is 23.9 Å². The third-order valence-corrected chi connectivity index (χ3v) is 4.97. The van der Waals surface area contributed by atoms with Gasteiger partial charge < -0.3 is 9.84 Å². The summed E-state index contributed by atoms with van der Waals surface area (Å²) in [5.41, 5.74) is 2.30. The highest BCUT2D eigenvalue weighted by Crippen LogP contribution is 2.42. The van der Waals surface area contributed by atoms with Crippen LogP contribution in [0.4, 0.5) is 0 Å². The maximum atomic E-state index is 12.5. The number of hydrogen-bond acceptors (Lipinski definition) is 4. The fourth-order valence-electron chi connectivity index (χ4n) is 3.91. The fraction of sp³-hybridized carbons (Fsp3) is 0.611. The molecule has 0 spiro atoms. The predicted octanol–water partition coefficient (Wildman–Crippen LogP) is 2.94. The van der Waals surface area contributed by atoms with E-state index in [1.54, 1.807) is 13.2 Å². The lowest BCUT2D eigenvalue weighted by Gasteiger charge is -2.43. The van der Waals surface area contributed by atoms with Crippen molar-refractivity contribution in [2.45, 2.75) is 39.2 Å². The number of ketones is 1. The highest BCUT2D eigenvalue weighted by Gasteiger charge is 2.38. The predicted molar refractivity (Wildman–Crippen MR) is 85.2 cm³/mol. The van der Waals surface area contributed by atoms with Gasteiger partial charge in [-0.15, -0.1) is 0 Å². The minimum Gasteiger partial charge on any atom is -0.504 e. The second-order valence-electron chi connectivity index (χ2n) is 6.98. The van der Waals surface area contributed by atoms with Crippen LogP contribution in [-0.2, 0) is 11.2 Å². The number of methoxy groups -OCH3 is 1. The number of phenols is 1. The number of carbonyl (C=O) groups excluding carboxylic acids is 1. The number of aromatic hydroxyl groups is 1. The molecule has 1 aromatic rings. The molecule has 0 aromatic heterocycles. The van der Waals surface area contributed by atoms with Gasteiger partial charge in [-0.25, -0.2) is 0 Å². The van der Waals surface area contributed by atoms with Crippen LogP contribution in [0.2, 0.25) is 0 Å². The summed E-state index contributed by atoms with van der Waals surface area (Å²) in [5, 5.41) is 9.95. The number of rotatable bonds is 3. The first-order valence-corrected chi connectivity index (χ1v) is 8.16. The minimum atomic E-state index is 0.147. The largest absolute Gasteiger partial charge is 0.504 e. The summed E-state index contributed by atoms with van der Waals surface area (Å²) >= 11 is 0. The third kappa shape index (κ3) is 2.72. The van der Waals surface area contributed by atoms with Crippen molar-refractivity contribution in [1.82, 2.24) is 4.90 Å². The molecule has 0 bridgehead atoms. The quantitative estimate of drug-likeness (QED) is 0.933. The lowest BCUT2D eigenvalue weighted by Crippen LogP contribution is -2.46. The number of Topliss-reactive ketones (excluding diaryl/α,β-unsaturated/α-hetero) is 1. The summed E-state index contributed by atoms with van der Waals surface area (Å²) in [6.45, 7) is 6.19. The minimum absolute atomic E-state index is 0.147. The summed E-state index contributed by atoms with van der Waals surface area (Å²) < 4.78 is 5.24.